The van der Waals surface area contributed by atoms with Gasteiger partial charge >= 0.3 is 5.97 Å². The molecule has 0 aromatic heterocycles. The number of carboxylic acid groups (broad SMARTS) is 1. The summed E-state index contributed by atoms with van der Waals surface area (Å²) in [6, 6.07) is 5.76. The average molecular weight is 261 g/mol. The number of hydrogen-bond donors (Lipinski definition) is 2. The third-order valence-electron chi connectivity index (χ3n) is 2.26. The molecule has 5 nitrogen and oxygen atoms in total. The van der Waals surface area contributed by atoms with E-state index >= 15 is 0 Å². The Balaban J connectivity index is 2.97. The largest absolute Gasteiger partial charge is 0.508 e. The van der Waals surface area contributed by atoms with Crippen LogP contribution in [-0.2, 0) is 9.59 Å². The van der Waals surface area contributed by atoms with Crippen molar-refractivity contribution in [3.8, 4) is 5.75 Å². The molecule has 2 N–H and O–H groups in total. The van der Waals surface area contributed by atoms with Crippen LogP contribution in [0, 0.1) is 0 Å². The van der Waals surface area contributed by atoms with Gasteiger partial charge in [0.25, 0.3) is 5.91 Å². The van der Waals surface area contributed by atoms with Gasteiger partial charge in [0.2, 0.25) is 0 Å². The van der Waals surface area contributed by atoms with Gasteiger partial charge in [-0.1, -0.05) is 18.2 Å². The van der Waals surface area contributed by atoms with Crippen LogP contribution in [0.5, 0.6) is 5.75 Å². The van der Waals surface area contributed by atoms with E-state index in [1.54, 1.807) is 12.2 Å². The maximum Gasteiger partial charge on any atom is 0.323 e. The number of benzene rings is 1. The highest BCUT2D eigenvalue weighted by molar-refractivity contribution is 6.04. The molecule has 0 aliphatic rings. The van der Waals surface area contributed by atoms with E-state index in [0.717, 1.165) is 4.90 Å². The zero-order chi connectivity index (χ0) is 14.3. The molecule has 19 heavy (non-hydrogen) atoms. The molecule has 0 unspecified atom stereocenters. The van der Waals surface area contributed by atoms with E-state index in [0.29, 0.717) is 5.69 Å². The average Bonchev–Trinajstić information content (AvgIpc) is 2.37. The second-order valence-electron chi connectivity index (χ2n) is 3.72. The van der Waals surface area contributed by atoms with Gasteiger partial charge in [-0.15, -0.1) is 0 Å². The molecule has 0 radical (unpaired) electrons. The molecule has 1 amide bonds. The Morgan fingerprint density at radius 1 is 1.21 bits per heavy atom. The predicted octanol–water partition coefficient (Wildman–Crippen LogP) is 1.94. The van der Waals surface area contributed by atoms with Gasteiger partial charge in [-0.25, -0.2) is 0 Å². The van der Waals surface area contributed by atoms with E-state index in [4.69, 9.17) is 5.11 Å². The number of allylic oxidation sites excluding steroid dienone is 3. The standard InChI is InChI=1S/C14H15NO4/c1-2-3-4-5-13(17)15(10-14(18)19)11-6-8-12(16)9-7-11/h2-9,16H,10H2,1H3,(H,18,19)/b3-2+,5-4+. The van der Waals surface area contributed by atoms with E-state index in [-0.39, 0.29) is 5.75 Å². The molecule has 0 spiro atoms. The fourth-order valence-corrected chi connectivity index (χ4v) is 1.40. The molecule has 0 saturated heterocycles. The lowest BCUT2D eigenvalue weighted by Crippen LogP contribution is -2.34. The first-order chi connectivity index (χ1) is 9.04. The van der Waals surface area contributed by atoms with Crippen molar-refractivity contribution in [3.05, 3.63) is 48.6 Å². The van der Waals surface area contributed by atoms with Crippen molar-refractivity contribution in [2.75, 3.05) is 11.4 Å². The highest BCUT2D eigenvalue weighted by atomic mass is 16.4. The molecule has 0 aliphatic carbocycles. The monoisotopic (exact) mass is 261 g/mol. The zero-order valence-corrected chi connectivity index (χ0v) is 10.5. The van der Waals surface area contributed by atoms with Gasteiger partial charge in [0, 0.05) is 11.8 Å². The van der Waals surface area contributed by atoms with E-state index in [1.807, 2.05) is 6.92 Å². The van der Waals surface area contributed by atoms with E-state index in [2.05, 4.69) is 0 Å². The summed E-state index contributed by atoms with van der Waals surface area (Å²) < 4.78 is 0. The molecule has 5 heteroatoms. The van der Waals surface area contributed by atoms with Crippen LogP contribution in [-0.4, -0.2) is 28.6 Å². The third kappa shape index (κ3) is 4.67. The Labute approximate surface area is 111 Å². The summed E-state index contributed by atoms with van der Waals surface area (Å²) in [6.45, 7) is 1.37. The molecule has 0 bridgehead atoms. The molecular weight excluding hydrogens is 246 g/mol. The molecule has 1 aromatic carbocycles. The van der Waals surface area contributed by atoms with Gasteiger partial charge in [-0.2, -0.15) is 0 Å². The second-order valence-corrected chi connectivity index (χ2v) is 3.72. The van der Waals surface area contributed by atoms with Gasteiger partial charge in [-0.3, -0.25) is 14.5 Å². The topological polar surface area (TPSA) is 77.8 Å². The summed E-state index contributed by atoms with van der Waals surface area (Å²) in [5, 5.41) is 18.0. The molecule has 1 aromatic rings. The minimum Gasteiger partial charge on any atom is -0.508 e. The number of carboxylic acids is 1. The minimum atomic E-state index is -1.11. The Bertz CT molecular complexity index is 503. The molecule has 0 aliphatic heterocycles. The number of amides is 1. The molecule has 0 saturated carbocycles. The predicted molar refractivity (Wildman–Crippen MR) is 72.0 cm³/mol. The zero-order valence-electron chi connectivity index (χ0n) is 10.5. The quantitative estimate of drug-likeness (QED) is 0.627. The van der Waals surface area contributed by atoms with Crippen LogP contribution in [0.4, 0.5) is 5.69 Å². The van der Waals surface area contributed by atoms with Crippen LogP contribution >= 0.6 is 0 Å². The fourth-order valence-electron chi connectivity index (χ4n) is 1.40. The lowest BCUT2D eigenvalue weighted by molar-refractivity contribution is -0.136. The van der Waals surface area contributed by atoms with E-state index in [9.17, 15) is 14.7 Å². The van der Waals surface area contributed by atoms with Crippen LogP contribution in [0.2, 0.25) is 0 Å². The maximum absolute atomic E-state index is 11.9. The fraction of sp³-hybridized carbons (Fsp3) is 0.143. The van der Waals surface area contributed by atoms with E-state index in [1.165, 1.54) is 36.4 Å². The number of aromatic hydroxyl groups is 1. The van der Waals surface area contributed by atoms with Crippen LogP contribution in [0.25, 0.3) is 0 Å². The molecule has 0 atom stereocenters. The summed E-state index contributed by atoms with van der Waals surface area (Å²) in [5.41, 5.74) is 0.412. The first-order valence-electron chi connectivity index (χ1n) is 5.66. The molecule has 0 fully saturated rings. The number of carbonyl (C=O) groups excluding carboxylic acids is 1. The van der Waals surface area contributed by atoms with Crippen molar-refractivity contribution in [1.82, 2.24) is 0 Å². The molecule has 100 valence electrons. The Morgan fingerprint density at radius 2 is 1.84 bits per heavy atom. The van der Waals surface area contributed by atoms with Gasteiger partial charge in [0.15, 0.2) is 0 Å². The van der Waals surface area contributed by atoms with Crippen LogP contribution in [0.1, 0.15) is 6.92 Å². The molecule has 1 rings (SSSR count). The molecular formula is C14H15NO4. The first-order valence-corrected chi connectivity index (χ1v) is 5.66. The summed E-state index contributed by atoms with van der Waals surface area (Å²) >= 11 is 0. The number of nitrogens with zero attached hydrogens (tertiary/aromatic N) is 1. The number of phenols is 1. The van der Waals surface area contributed by atoms with Gasteiger partial charge in [0.05, 0.1) is 0 Å². The van der Waals surface area contributed by atoms with E-state index < -0.39 is 18.4 Å². The first kappa shape index (κ1) is 14.5. The number of carbonyl (C=O) groups is 2. The van der Waals surface area contributed by atoms with Crippen LogP contribution < -0.4 is 4.90 Å². The van der Waals surface area contributed by atoms with Gasteiger partial charge < -0.3 is 10.2 Å². The number of phenolic OH excluding ortho intramolecular Hbond substituents is 1. The lowest BCUT2D eigenvalue weighted by atomic mass is 10.2. The summed E-state index contributed by atoms with van der Waals surface area (Å²) in [5.74, 6) is -1.50. The third-order valence-corrected chi connectivity index (χ3v) is 2.26. The van der Waals surface area contributed by atoms with Crippen molar-refractivity contribution in [2.24, 2.45) is 0 Å². The number of rotatable bonds is 5. The Hall–Kier alpha value is -2.56. The number of anilines is 1. The van der Waals surface area contributed by atoms with Crippen molar-refractivity contribution in [1.29, 1.82) is 0 Å². The highest BCUT2D eigenvalue weighted by Crippen LogP contribution is 2.18. The minimum absolute atomic E-state index is 0.0518. The van der Waals surface area contributed by atoms with Crippen LogP contribution in [0.15, 0.2) is 48.6 Å². The Morgan fingerprint density at radius 3 is 2.37 bits per heavy atom. The van der Waals surface area contributed by atoms with Gasteiger partial charge in [0.1, 0.15) is 12.3 Å². The summed E-state index contributed by atoms with van der Waals surface area (Å²) in [7, 11) is 0. The van der Waals surface area contributed by atoms with Crippen molar-refractivity contribution >= 4 is 17.6 Å². The lowest BCUT2D eigenvalue weighted by Gasteiger charge is -2.19. The highest BCUT2D eigenvalue weighted by Gasteiger charge is 2.16. The number of hydrogen-bond acceptors (Lipinski definition) is 3. The van der Waals surface area contributed by atoms with Gasteiger partial charge in [-0.05, 0) is 31.2 Å². The Kier molecular flexibility index (Phi) is 5.35. The summed E-state index contributed by atoms with van der Waals surface area (Å²) in [4.78, 5) is 23.8. The van der Waals surface area contributed by atoms with Crippen molar-refractivity contribution < 1.29 is 19.8 Å². The molecule has 0 heterocycles. The normalized spacial score (nSPS) is 11.0. The summed E-state index contributed by atoms with van der Waals surface area (Å²) in [6.07, 6.45) is 6.26. The second kappa shape index (κ2) is 7.00. The number of aliphatic carboxylic acids is 1. The maximum atomic E-state index is 11.9. The smallest absolute Gasteiger partial charge is 0.323 e. The van der Waals surface area contributed by atoms with Crippen molar-refractivity contribution in [2.45, 2.75) is 6.92 Å². The SMILES string of the molecule is C/C=C/C=C/C(=O)N(CC(=O)O)c1ccc(O)cc1. The van der Waals surface area contributed by atoms with Crippen LogP contribution in [0.3, 0.4) is 0 Å². The van der Waals surface area contributed by atoms with Crippen molar-refractivity contribution in [3.63, 3.8) is 0 Å².